The van der Waals surface area contributed by atoms with E-state index in [0.29, 0.717) is 29.9 Å². The van der Waals surface area contributed by atoms with Crippen LogP contribution in [0.15, 0.2) is 27.4 Å². The van der Waals surface area contributed by atoms with Gasteiger partial charge in [-0.05, 0) is 25.0 Å². The average molecular weight is 517 g/mol. The van der Waals surface area contributed by atoms with E-state index in [1.807, 2.05) is 6.07 Å². The maximum absolute atomic E-state index is 12.7. The lowest BCUT2D eigenvalue weighted by Crippen LogP contribution is -2.13. The monoisotopic (exact) mass is 516 g/mol. The van der Waals surface area contributed by atoms with Gasteiger partial charge in [-0.15, -0.1) is 0 Å². The number of unbranched alkanes of at least 4 members (excludes halogenated alkanes) is 14. The second-order valence-electron chi connectivity index (χ2n) is 9.92. The van der Waals surface area contributed by atoms with Crippen LogP contribution in [0.25, 0.3) is 11.0 Å². The minimum atomic E-state index is -0.650. The van der Waals surface area contributed by atoms with E-state index in [-0.39, 0.29) is 11.5 Å². The van der Waals surface area contributed by atoms with Crippen LogP contribution in [0.3, 0.4) is 0 Å². The summed E-state index contributed by atoms with van der Waals surface area (Å²) >= 11 is 0. The van der Waals surface area contributed by atoms with Crippen LogP contribution in [0.5, 0.6) is 17.2 Å². The van der Waals surface area contributed by atoms with Crippen LogP contribution >= 0.6 is 0 Å². The SMILES string of the molecule is CCCCCCCCCCOc1c(OC(C)=O)c2c(OCCCCCCCCCC)cccc2oc1=O. The van der Waals surface area contributed by atoms with Crippen LogP contribution in [0, 0.1) is 0 Å². The highest BCUT2D eigenvalue weighted by Crippen LogP contribution is 2.39. The van der Waals surface area contributed by atoms with Gasteiger partial charge < -0.3 is 18.6 Å². The maximum Gasteiger partial charge on any atom is 0.383 e. The molecule has 0 unspecified atom stereocenters. The fourth-order valence-electron chi connectivity index (χ4n) is 4.49. The lowest BCUT2D eigenvalue weighted by molar-refractivity contribution is -0.131. The number of esters is 1. The molecular weight excluding hydrogens is 468 g/mol. The molecule has 0 aliphatic rings. The van der Waals surface area contributed by atoms with Crippen molar-refractivity contribution in [3.8, 4) is 17.2 Å². The molecule has 0 radical (unpaired) electrons. The molecule has 6 nitrogen and oxygen atoms in total. The van der Waals surface area contributed by atoms with Gasteiger partial charge in [-0.25, -0.2) is 4.79 Å². The Morgan fingerprint density at radius 2 is 1.22 bits per heavy atom. The number of hydrogen-bond donors (Lipinski definition) is 0. The van der Waals surface area contributed by atoms with E-state index in [2.05, 4.69) is 13.8 Å². The quantitative estimate of drug-likeness (QED) is 0.0938. The van der Waals surface area contributed by atoms with Gasteiger partial charge in [0.05, 0.1) is 13.2 Å². The number of hydrogen-bond acceptors (Lipinski definition) is 6. The van der Waals surface area contributed by atoms with E-state index in [1.54, 1.807) is 12.1 Å². The lowest BCUT2D eigenvalue weighted by atomic mass is 10.1. The molecule has 2 rings (SSSR count). The summed E-state index contributed by atoms with van der Waals surface area (Å²) in [5, 5.41) is 0.461. The predicted molar refractivity (Wildman–Crippen MR) is 150 cm³/mol. The number of rotatable bonds is 21. The molecule has 6 heteroatoms. The largest absolute Gasteiger partial charge is 0.493 e. The highest BCUT2D eigenvalue weighted by atomic mass is 16.6. The molecule has 0 fully saturated rings. The minimum absolute atomic E-state index is 0.0613. The third-order valence-corrected chi connectivity index (χ3v) is 6.55. The van der Waals surface area contributed by atoms with Gasteiger partial charge in [0, 0.05) is 6.92 Å². The molecule has 1 aromatic heterocycles. The first-order valence-electron chi connectivity index (χ1n) is 14.6. The molecule has 208 valence electrons. The predicted octanol–water partition coefficient (Wildman–Crippen LogP) is 8.76. The molecule has 0 atom stereocenters. The molecule has 0 aliphatic carbocycles. The van der Waals surface area contributed by atoms with Crippen LogP contribution in [-0.4, -0.2) is 19.2 Å². The van der Waals surface area contributed by atoms with Gasteiger partial charge in [0.15, 0.2) is 5.75 Å². The van der Waals surface area contributed by atoms with Crippen molar-refractivity contribution in [2.45, 2.75) is 124 Å². The van der Waals surface area contributed by atoms with Gasteiger partial charge in [0.2, 0.25) is 5.75 Å². The molecule has 0 bridgehead atoms. The Morgan fingerprint density at radius 1 is 0.703 bits per heavy atom. The van der Waals surface area contributed by atoms with Crippen molar-refractivity contribution in [2.75, 3.05) is 13.2 Å². The first kappa shape index (κ1) is 30.7. The molecular formula is C31H48O6. The van der Waals surface area contributed by atoms with Crippen molar-refractivity contribution >= 4 is 16.9 Å². The molecule has 2 aromatic rings. The summed E-state index contributed by atoms with van der Waals surface area (Å²) in [7, 11) is 0. The van der Waals surface area contributed by atoms with E-state index in [4.69, 9.17) is 18.6 Å². The second kappa shape index (κ2) is 18.7. The van der Waals surface area contributed by atoms with Crippen molar-refractivity contribution < 1.29 is 23.4 Å². The average Bonchev–Trinajstić information content (AvgIpc) is 2.87. The van der Waals surface area contributed by atoms with Gasteiger partial charge in [0.1, 0.15) is 16.7 Å². The molecule has 0 amide bonds. The van der Waals surface area contributed by atoms with E-state index in [1.165, 1.54) is 77.6 Å². The first-order valence-corrected chi connectivity index (χ1v) is 14.6. The summed E-state index contributed by atoms with van der Waals surface area (Å²) in [6, 6.07) is 5.25. The van der Waals surface area contributed by atoms with Crippen LogP contribution in [-0.2, 0) is 4.79 Å². The molecule has 0 aliphatic heterocycles. The number of ether oxygens (including phenoxy) is 3. The third kappa shape index (κ3) is 11.6. The summed E-state index contributed by atoms with van der Waals surface area (Å²) in [5.41, 5.74) is -0.336. The zero-order valence-corrected chi connectivity index (χ0v) is 23.4. The summed E-state index contributed by atoms with van der Waals surface area (Å²) in [4.78, 5) is 24.6. The third-order valence-electron chi connectivity index (χ3n) is 6.55. The Bertz CT molecular complexity index is 964. The number of carbonyl (C=O) groups excluding carboxylic acids is 1. The number of carbonyl (C=O) groups is 1. The van der Waals surface area contributed by atoms with Crippen LogP contribution < -0.4 is 19.8 Å². The van der Waals surface area contributed by atoms with E-state index in [0.717, 1.165) is 32.1 Å². The molecule has 0 N–H and O–H groups in total. The topological polar surface area (TPSA) is 75.0 Å². The van der Waals surface area contributed by atoms with Crippen LogP contribution in [0.1, 0.15) is 124 Å². The van der Waals surface area contributed by atoms with Gasteiger partial charge in [-0.1, -0.05) is 110 Å². The van der Waals surface area contributed by atoms with E-state index in [9.17, 15) is 9.59 Å². The fraction of sp³-hybridized carbons (Fsp3) is 0.677. The summed E-state index contributed by atoms with van der Waals surface area (Å²) < 4.78 is 22.9. The zero-order valence-electron chi connectivity index (χ0n) is 23.4. The maximum atomic E-state index is 12.7. The van der Waals surface area contributed by atoms with Gasteiger partial charge in [0.25, 0.3) is 0 Å². The van der Waals surface area contributed by atoms with Crippen molar-refractivity contribution in [3.63, 3.8) is 0 Å². The Kier molecular flexibility index (Phi) is 15.5. The smallest absolute Gasteiger partial charge is 0.383 e. The highest BCUT2D eigenvalue weighted by Gasteiger charge is 2.22. The zero-order chi connectivity index (χ0) is 26.7. The van der Waals surface area contributed by atoms with Gasteiger partial charge >= 0.3 is 11.6 Å². The Labute approximate surface area is 223 Å². The molecule has 37 heavy (non-hydrogen) atoms. The summed E-state index contributed by atoms with van der Waals surface area (Å²) in [5.74, 6) is 0.0256. The summed E-state index contributed by atoms with van der Waals surface area (Å²) in [6.45, 7) is 6.67. The summed E-state index contributed by atoms with van der Waals surface area (Å²) in [6.07, 6.45) is 19.0. The van der Waals surface area contributed by atoms with Crippen molar-refractivity contribution in [1.29, 1.82) is 0 Å². The normalized spacial score (nSPS) is 11.1. The van der Waals surface area contributed by atoms with E-state index >= 15 is 0 Å². The Hall–Kier alpha value is -2.50. The van der Waals surface area contributed by atoms with Crippen LogP contribution in [0.2, 0.25) is 0 Å². The standard InChI is InChI=1S/C31H48O6/c1-4-6-8-10-12-14-16-18-23-34-26-21-20-22-27-28(26)29(36-25(3)32)30(31(33)37-27)35-24-19-17-15-13-11-9-7-5-2/h20-22H,4-19,23-24H2,1-3H3. The lowest BCUT2D eigenvalue weighted by Gasteiger charge is -2.15. The molecule has 0 saturated heterocycles. The van der Waals surface area contributed by atoms with Crippen molar-refractivity contribution in [2.24, 2.45) is 0 Å². The highest BCUT2D eigenvalue weighted by molar-refractivity contribution is 5.93. The first-order chi connectivity index (χ1) is 18.1. The van der Waals surface area contributed by atoms with E-state index < -0.39 is 11.6 Å². The Balaban J connectivity index is 1.99. The molecule has 0 saturated carbocycles. The van der Waals surface area contributed by atoms with Crippen molar-refractivity contribution in [1.82, 2.24) is 0 Å². The van der Waals surface area contributed by atoms with Gasteiger partial charge in [-0.3, -0.25) is 4.79 Å². The second-order valence-corrected chi connectivity index (χ2v) is 9.92. The van der Waals surface area contributed by atoms with Gasteiger partial charge in [-0.2, -0.15) is 0 Å². The molecule has 1 aromatic carbocycles. The van der Waals surface area contributed by atoms with Crippen LogP contribution in [0.4, 0.5) is 0 Å². The molecule has 0 spiro atoms. The Morgan fingerprint density at radius 3 is 1.76 bits per heavy atom. The van der Waals surface area contributed by atoms with Crippen molar-refractivity contribution in [3.05, 3.63) is 28.6 Å². The fourth-order valence-corrected chi connectivity index (χ4v) is 4.49. The molecule has 1 heterocycles. The number of fused-ring (bicyclic) bond motifs is 1. The minimum Gasteiger partial charge on any atom is -0.493 e. The number of benzene rings is 1.